The number of urea groups is 1. The average molecular weight is 171 g/mol. The number of hydrogen-bond donors (Lipinski definition) is 2. The van der Waals surface area contributed by atoms with Gasteiger partial charge < -0.3 is 11.1 Å². The van der Waals surface area contributed by atoms with Gasteiger partial charge in [-0.1, -0.05) is 0 Å². The summed E-state index contributed by atoms with van der Waals surface area (Å²) in [6.07, 6.45) is 0. The van der Waals surface area contributed by atoms with E-state index in [0.717, 1.165) is 10.7 Å². The monoisotopic (exact) mass is 171 g/mol. The van der Waals surface area contributed by atoms with Gasteiger partial charge in [-0.2, -0.15) is 0 Å². The van der Waals surface area contributed by atoms with Crippen molar-refractivity contribution >= 4 is 17.4 Å². The van der Waals surface area contributed by atoms with E-state index < -0.39 is 6.03 Å². The lowest BCUT2D eigenvalue weighted by molar-refractivity contribution is 0.248. The molecule has 3 N–H and O–H groups in total. The van der Waals surface area contributed by atoms with Gasteiger partial charge in [0, 0.05) is 5.38 Å². The number of rotatable bonds is 2. The molecule has 0 radical (unpaired) electrons. The van der Waals surface area contributed by atoms with E-state index in [2.05, 4.69) is 10.3 Å². The molecule has 0 unspecified atom stereocenters. The van der Waals surface area contributed by atoms with E-state index in [1.165, 1.54) is 0 Å². The Hall–Kier alpha value is -1.10. The van der Waals surface area contributed by atoms with Gasteiger partial charge >= 0.3 is 6.03 Å². The maximum atomic E-state index is 10.3. The van der Waals surface area contributed by atoms with E-state index in [1.54, 1.807) is 11.3 Å². The third-order valence-electron chi connectivity index (χ3n) is 1.11. The third-order valence-corrected chi connectivity index (χ3v) is 1.93. The van der Waals surface area contributed by atoms with E-state index in [-0.39, 0.29) is 0 Å². The molecule has 0 aliphatic rings. The van der Waals surface area contributed by atoms with E-state index in [0.29, 0.717) is 6.54 Å². The molecule has 0 fully saturated rings. The van der Waals surface area contributed by atoms with E-state index in [4.69, 9.17) is 5.73 Å². The van der Waals surface area contributed by atoms with Crippen molar-refractivity contribution in [1.82, 2.24) is 10.3 Å². The number of aryl methyl sites for hydroxylation is 1. The first-order chi connectivity index (χ1) is 5.18. The first-order valence-electron chi connectivity index (χ1n) is 3.13. The predicted molar refractivity (Wildman–Crippen MR) is 43.3 cm³/mol. The number of aromatic nitrogens is 1. The number of amides is 2. The minimum Gasteiger partial charge on any atom is -0.352 e. The van der Waals surface area contributed by atoms with E-state index in [1.807, 2.05) is 12.3 Å². The molecule has 0 atom stereocenters. The summed E-state index contributed by atoms with van der Waals surface area (Å²) in [5, 5.41) is 5.34. The highest BCUT2D eigenvalue weighted by atomic mass is 32.1. The Kier molecular flexibility index (Phi) is 2.43. The third kappa shape index (κ3) is 2.55. The van der Waals surface area contributed by atoms with Crippen molar-refractivity contribution in [3.05, 3.63) is 16.1 Å². The Bertz CT molecular complexity index is 258. The fraction of sp³-hybridized carbons (Fsp3) is 0.333. The van der Waals surface area contributed by atoms with Crippen LogP contribution in [0.4, 0.5) is 4.79 Å². The zero-order valence-electron chi connectivity index (χ0n) is 6.13. The number of thiazole rings is 1. The Morgan fingerprint density at radius 1 is 1.91 bits per heavy atom. The zero-order valence-corrected chi connectivity index (χ0v) is 6.94. The molecule has 0 saturated heterocycles. The van der Waals surface area contributed by atoms with Gasteiger partial charge in [0.15, 0.2) is 0 Å². The first-order valence-corrected chi connectivity index (χ1v) is 4.01. The summed E-state index contributed by atoms with van der Waals surface area (Å²) in [5.74, 6) is 0. The number of hydrogen-bond acceptors (Lipinski definition) is 3. The lowest BCUT2D eigenvalue weighted by Crippen LogP contribution is -2.28. The molecule has 5 heteroatoms. The first kappa shape index (κ1) is 8.00. The molecule has 4 nitrogen and oxygen atoms in total. The second kappa shape index (κ2) is 3.34. The summed E-state index contributed by atoms with van der Waals surface area (Å²) in [7, 11) is 0. The van der Waals surface area contributed by atoms with Crippen LogP contribution in [0.3, 0.4) is 0 Å². The van der Waals surface area contributed by atoms with Gasteiger partial charge in [0.1, 0.15) is 0 Å². The molecule has 1 rings (SSSR count). The minimum absolute atomic E-state index is 0.416. The summed E-state index contributed by atoms with van der Waals surface area (Å²) in [5.41, 5.74) is 5.73. The molecule has 0 saturated carbocycles. The van der Waals surface area contributed by atoms with Crippen molar-refractivity contribution in [2.45, 2.75) is 13.5 Å². The molecule has 1 aromatic heterocycles. The molecule has 2 amide bonds. The molecular formula is C6H9N3OS. The number of nitrogens with two attached hydrogens (primary N) is 1. The van der Waals surface area contributed by atoms with Crippen molar-refractivity contribution in [3.8, 4) is 0 Å². The second-order valence-electron chi connectivity index (χ2n) is 2.08. The van der Waals surface area contributed by atoms with Crippen molar-refractivity contribution in [1.29, 1.82) is 0 Å². The molecule has 0 bridgehead atoms. The Morgan fingerprint density at radius 2 is 2.64 bits per heavy atom. The standard InChI is InChI=1S/C6H9N3OS/c1-4-9-5(3-11-4)2-8-6(7)10/h3H,2H2,1H3,(H3,7,8,10). The molecule has 0 aliphatic carbocycles. The summed E-state index contributed by atoms with van der Waals surface area (Å²) in [6.45, 7) is 2.33. The van der Waals surface area contributed by atoms with Crippen LogP contribution in [0.5, 0.6) is 0 Å². The minimum atomic E-state index is -0.518. The molecule has 0 aliphatic heterocycles. The zero-order chi connectivity index (χ0) is 8.27. The molecule has 1 heterocycles. The quantitative estimate of drug-likeness (QED) is 0.685. The number of carbonyl (C=O) groups excluding carboxylic acids is 1. The number of nitrogens with one attached hydrogen (secondary N) is 1. The molecule has 0 aromatic carbocycles. The normalized spacial score (nSPS) is 9.55. The highest BCUT2D eigenvalue weighted by molar-refractivity contribution is 7.09. The largest absolute Gasteiger partial charge is 0.352 e. The number of carbonyl (C=O) groups is 1. The van der Waals surface area contributed by atoms with Crippen LogP contribution in [0.15, 0.2) is 5.38 Å². The van der Waals surface area contributed by atoms with Crippen LogP contribution in [0.1, 0.15) is 10.7 Å². The van der Waals surface area contributed by atoms with Crippen molar-refractivity contribution in [2.75, 3.05) is 0 Å². The topological polar surface area (TPSA) is 68.0 Å². The van der Waals surface area contributed by atoms with Gasteiger partial charge in [-0.3, -0.25) is 0 Å². The van der Waals surface area contributed by atoms with Crippen LogP contribution in [-0.2, 0) is 6.54 Å². The van der Waals surface area contributed by atoms with Crippen LogP contribution in [-0.4, -0.2) is 11.0 Å². The highest BCUT2D eigenvalue weighted by Crippen LogP contribution is 2.06. The van der Waals surface area contributed by atoms with Crippen molar-refractivity contribution in [3.63, 3.8) is 0 Å². The van der Waals surface area contributed by atoms with Crippen LogP contribution in [0, 0.1) is 6.92 Å². The lowest BCUT2D eigenvalue weighted by Gasteiger charge is -1.95. The van der Waals surface area contributed by atoms with Crippen LogP contribution in [0.2, 0.25) is 0 Å². The van der Waals surface area contributed by atoms with Gasteiger partial charge in [0.05, 0.1) is 17.2 Å². The Balaban J connectivity index is 2.45. The van der Waals surface area contributed by atoms with Crippen molar-refractivity contribution in [2.24, 2.45) is 5.73 Å². The molecular weight excluding hydrogens is 162 g/mol. The van der Waals surface area contributed by atoms with Crippen LogP contribution >= 0.6 is 11.3 Å². The van der Waals surface area contributed by atoms with Crippen LogP contribution in [0.25, 0.3) is 0 Å². The SMILES string of the molecule is Cc1nc(CNC(N)=O)cs1. The fourth-order valence-corrected chi connectivity index (χ4v) is 1.28. The van der Waals surface area contributed by atoms with Gasteiger partial charge in [-0.05, 0) is 6.92 Å². The van der Waals surface area contributed by atoms with Crippen LogP contribution < -0.4 is 11.1 Å². The van der Waals surface area contributed by atoms with Gasteiger partial charge in [-0.25, -0.2) is 9.78 Å². The molecule has 11 heavy (non-hydrogen) atoms. The molecule has 60 valence electrons. The summed E-state index contributed by atoms with van der Waals surface area (Å²) in [4.78, 5) is 14.4. The predicted octanol–water partition coefficient (Wildman–Crippen LogP) is 0.620. The highest BCUT2D eigenvalue weighted by Gasteiger charge is 1.97. The van der Waals surface area contributed by atoms with E-state index >= 15 is 0 Å². The Morgan fingerprint density at radius 3 is 3.09 bits per heavy atom. The summed E-state index contributed by atoms with van der Waals surface area (Å²) >= 11 is 1.55. The van der Waals surface area contributed by atoms with E-state index in [9.17, 15) is 4.79 Å². The van der Waals surface area contributed by atoms with Gasteiger partial charge in [0.2, 0.25) is 0 Å². The average Bonchev–Trinajstić information content (AvgIpc) is 2.31. The second-order valence-corrected chi connectivity index (χ2v) is 3.14. The smallest absolute Gasteiger partial charge is 0.312 e. The van der Waals surface area contributed by atoms with Gasteiger partial charge in [0.25, 0.3) is 0 Å². The number of primary amides is 1. The van der Waals surface area contributed by atoms with Crippen molar-refractivity contribution < 1.29 is 4.79 Å². The van der Waals surface area contributed by atoms with Gasteiger partial charge in [-0.15, -0.1) is 11.3 Å². The lowest BCUT2D eigenvalue weighted by atomic mass is 10.5. The molecule has 1 aromatic rings. The molecule has 0 spiro atoms. The number of nitrogens with zero attached hydrogens (tertiary/aromatic N) is 1. The maximum Gasteiger partial charge on any atom is 0.312 e. The summed E-state index contributed by atoms with van der Waals surface area (Å²) in [6, 6.07) is -0.518. The fourth-order valence-electron chi connectivity index (χ4n) is 0.667. The Labute approximate surface area is 68.4 Å². The maximum absolute atomic E-state index is 10.3. The summed E-state index contributed by atoms with van der Waals surface area (Å²) < 4.78 is 0.